The molecule has 90 valence electrons. The van der Waals surface area contributed by atoms with E-state index in [-0.39, 0.29) is 5.75 Å². The van der Waals surface area contributed by atoms with Crippen LogP contribution in [-0.4, -0.2) is 10.1 Å². The summed E-state index contributed by atoms with van der Waals surface area (Å²) in [6.07, 6.45) is 0. The third-order valence-electron chi connectivity index (χ3n) is 2.54. The predicted octanol–water partition coefficient (Wildman–Crippen LogP) is 4.98. The Hall–Kier alpha value is -1.29. The lowest BCUT2D eigenvalue weighted by Gasteiger charge is -2.00. The van der Waals surface area contributed by atoms with Gasteiger partial charge in [0.05, 0.1) is 15.8 Å². The number of halogens is 2. The Morgan fingerprint density at radius 3 is 2.56 bits per heavy atom. The van der Waals surface area contributed by atoms with Gasteiger partial charge in [-0.1, -0.05) is 23.2 Å². The fourth-order valence-electron chi connectivity index (χ4n) is 1.69. The van der Waals surface area contributed by atoms with Gasteiger partial charge in [0.1, 0.15) is 10.8 Å². The van der Waals surface area contributed by atoms with E-state index in [9.17, 15) is 5.11 Å². The maximum absolute atomic E-state index is 9.85. The van der Waals surface area contributed by atoms with E-state index in [4.69, 9.17) is 23.2 Å². The van der Waals surface area contributed by atoms with Crippen molar-refractivity contribution in [3.8, 4) is 16.3 Å². The molecular weight excluding hydrogens is 289 g/mol. The number of hydrogen-bond donors (Lipinski definition) is 1. The lowest BCUT2D eigenvalue weighted by Crippen LogP contribution is -1.77. The Labute approximate surface area is 117 Å². The van der Waals surface area contributed by atoms with Crippen LogP contribution in [0.5, 0.6) is 5.75 Å². The molecule has 0 amide bonds. The Morgan fingerprint density at radius 2 is 1.72 bits per heavy atom. The zero-order valence-corrected chi connectivity index (χ0v) is 11.4. The Balaban J connectivity index is 2.22. The SMILES string of the molecule is Oc1ccc(Cl)cc1-c1nc2ccc(Cl)cc2s1. The van der Waals surface area contributed by atoms with E-state index < -0.39 is 0 Å². The summed E-state index contributed by atoms with van der Waals surface area (Å²) in [6, 6.07) is 10.4. The predicted molar refractivity (Wildman–Crippen MR) is 76.7 cm³/mol. The summed E-state index contributed by atoms with van der Waals surface area (Å²) >= 11 is 13.3. The van der Waals surface area contributed by atoms with E-state index in [0.29, 0.717) is 15.6 Å². The van der Waals surface area contributed by atoms with E-state index >= 15 is 0 Å². The van der Waals surface area contributed by atoms with Gasteiger partial charge in [0.25, 0.3) is 0 Å². The first-order chi connectivity index (χ1) is 8.63. The van der Waals surface area contributed by atoms with E-state index in [2.05, 4.69) is 4.98 Å². The first kappa shape index (κ1) is 11.8. The Kier molecular flexibility index (Phi) is 2.90. The maximum atomic E-state index is 9.85. The number of aromatic hydroxyl groups is 1. The third kappa shape index (κ3) is 2.05. The van der Waals surface area contributed by atoms with Crippen molar-refractivity contribution in [2.45, 2.75) is 0 Å². The second-order valence-electron chi connectivity index (χ2n) is 3.79. The van der Waals surface area contributed by atoms with Crippen LogP contribution in [0.4, 0.5) is 0 Å². The number of phenols is 1. The van der Waals surface area contributed by atoms with Crippen molar-refractivity contribution in [1.82, 2.24) is 4.98 Å². The average molecular weight is 296 g/mol. The van der Waals surface area contributed by atoms with Crippen LogP contribution in [0, 0.1) is 0 Å². The number of benzene rings is 2. The van der Waals surface area contributed by atoms with Crippen LogP contribution in [-0.2, 0) is 0 Å². The minimum Gasteiger partial charge on any atom is -0.507 e. The number of aromatic nitrogens is 1. The highest BCUT2D eigenvalue weighted by Crippen LogP contribution is 2.37. The molecule has 18 heavy (non-hydrogen) atoms. The average Bonchev–Trinajstić information content (AvgIpc) is 2.74. The molecule has 0 fully saturated rings. The molecule has 0 saturated carbocycles. The number of phenolic OH excluding ortho intramolecular Hbond substituents is 1. The number of nitrogens with zero attached hydrogens (tertiary/aromatic N) is 1. The van der Waals surface area contributed by atoms with Gasteiger partial charge in [-0.3, -0.25) is 0 Å². The normalized spacial score (nSPS) is 11.0. The zero-order chi connectivity index (χ0) is 12.7. The van der Waals surface area contributed by atoms with Gasteiger partial charge >= 0.3 is 0 Å². The highest BCUT2D eigenvalue weighted by Gasteiger charge is 2.11. The molecule has 2 nitrogen and oxygen atoms in total. The van der Waals surface area contributed by atoms with E-state index in [1.54, 1.807) is 24.3 Å². The summed E-state index contributed by atoms with van der Waals surface area (Å²) in [5.74, 6) is 0.171. The molecule has 2 aromatic carbocycles. The molecule has 1 heterocycles. The second-order valence-corrected chi connectivity index (χ2v) is 5.70. The van der Waals surface area contributed by atoms with Crippen molar-refractivity contribution in [3.63, 3.8) is 0 Å². The first-order valence-electron chi connectivity index (χ1n) is 5.18. The fraction of sp³-hybridized carbons (Fsp3) is 0. The van der Waals surface area contributed by atoms with Crippen LogP contribution in [0.25, 0.3) is 20.8 Å². The fourth-order valence-corrected chi connectivity index (χ4v) is 3.13. The van der Waals surface area contributed by atoms with Crippen molar-refractivity contribution in [3.05, 3.63) is 46.4 Å². The summed E-state index contributed by atoms with van der Waals surface area (Å²) < 4.78 is 0.983. The topological polar surface area (TPSA) is 33.1 Å². The van der Waals surface area contributed by atoms with Gasteiger partial charge < -0.3 is 5.11 Å². The van der Waals surface area contributed by atoms with Gasteiger partial charge in [-0.2, -0.15) is 0 Å². The molecule has 0 atom stereocenters. The molecule has 0 aliphatic carbocycles. The summed E-state index contributed by atoms with van der Waals surface area (Å²) in [6.45, 7) is 0. The van der Waals surface area contributed by atoms with Crippen molar-refractivity contribution in [2.75, 3.05) is 0 Å². The van der Waals surface area contributed by atoms with E-state index in [1.807, 2.05) is 12.1 Å². The molecule has 0 aliphatic rings. The van der Waals surface area contributed by atoms with Crippen molar-refractivity contribution >= 4 is 44.8 Å². The Morgan fingerprint density at radius 1 is 1.00 bits per heavy atom. The van der Waals surface area contributed by atoms with Gasteiger partial charge in [-0.05, 0) is 36.4 Å². The minimum atomic E-state index is 0.171. The molecule has 1 aromatic heterocycles. The second kappa shape index (κ2) is 4.43. The Bertz CT molecular complexity index is 739. The van der Waals surface area contributed by atoms with Gasteiger partial charge in [-0.25, -0.2) is 4.98 Å². The largest absolute Gasteiger partial charge is 0.507 e. The molecule has 0 aliphatic heterocycles. The standard InChI is InChI=1S/C13H7Cl2NOS/c14-7-2-4-11(17)9(5-7)13-16-10-3-1-8(15)6-12(10)18-13/h1-6,17H. The lowest BCUT2D eigenvalue weighted by molar-refractivity contribution is 0.477. The van der Waals surface area contributed by atoms with Crippen LogP contribution in [0.3, 0.4) is 0 Å². The van der Waals surface area contributed by atoms with E-state index in [1.165, 1.54) is 11.3 Å². The van der Waals surface area contributed by atoms with Crippen molar-refractivity contribution < 1.29 is 5.11 Å². The molecule has 0 spiro atoms. The highest BCUT2D eigenvalue weighted by molar-refractivity contribution is 7.21. The van der Waals surface area contributed by atoms with Crippen LogP contribution < -0.4 is 0 Å². The summed E-state index contributed by atoms with van der Waals surface area (Å²) in [5.41, 5.74) is 1.50. The summed E-state index contributed by atoms with van der Waals surface area (Å²) in [4.78, 5) is 4.47. The molecule has 0 bridgehead atoms. The number of fused-ring (bicyclic) bond motifs is 1. The summed E-state index contributed by atoms with van der Waals surface area (Å²) in [7, 11) is 0. The zero-order valence-electron chi connectivity index (χ0n) is 9.02. The number of thiazole rings is 1. The van der Waals surface area contributed by atoms with Gasteiger partial charge in [0, 0.05) is 10.0 Å². The van der Waals surface area contributed by atoms with Crippen LogP contribution in [0.2, 0.25) is 10.0 Å². The van der Waals surface area contributed by atoms with Crippen molar-refractivity contribution in [1.29, 1.82) is 0 Å². The number of rotatable bonds is 1. The van der Waals surface area contributed by atoms with Gasteiger partial charge in [0.2, 0.25) is 0 Å². The minimum absolute atomic E-state index is 0.171. The number of hydrogen-bond acceptors (Lipinski definition) is 3. The molecule has 1 N–H and O–H groups in total. The quantitative estimate of drug-likeness (QED) is 0.687. The van der Waals surface area contributed by atoms with Gasteiger partial charge in [0.15, 0.2) is 0 Å². The third-order valence-corrected chi connectivity index (χ3v) is 4.06. The molecule has 0 radical (unpaired) electrons. The van der Waals surface area contributed by atoms with Crippen LogP contribution in [0.15, 0.2) is 36.4 Å². The molecule has 0 saturated heterocycles. The highest BCUT2D eigenvalue weighted by atomic mass is 35.5. The molecular formula is C13H7Cl2NOS. The maximum Gasteiger partial charge on any atom is 0.128 e. The molecule has 3 aromatic rings. The van der Waals surface area contributed by atoms with Crippen molar-refractivity contribution in [2.24, 2.45) is 0 Å². The smallest absolute Gasteiger partial charge is 0.128 e. The lowest BCUT2D eigenvalue weighted by atomic mass is 10.2. The summed E-state index contributed by atoms with van der Waals surface area (Å²) in [5, 5.41) is 11.8. The van der Waals surface area contributed by atoms with E-state index in [0.717, 1.165) is 15.2 Å². The first-order valence-corrected chi connectivity index (χ1v) is 6.76. The molecule has 0 unspecified atom stereocenters. The molecule has 3 rings (SSSR count). The molecule has 5 heteroatoms. The van der Waals surface area contributed by atoms with Crippen LogP contribution >= 0.6 is 34.5 Å². The van der Waals surface area contributed by atoms with Crippen LogP contribution in [0.1, 0.15) is 0 Å². The monoisotopic (exact) mass is 295 g/mol. The van der Waals surface area contributed by atoms with Gasteiger partial charge in [-0.15, -0.1) is 11.3 Å².